The van der Waals surface area contributed by atoms with Gasteiger partial charge in [-0.25, -0.2) is 9.97 Å². The number of nitrogens with one attached hydrogen (secondary N) is 1. The summed E-state index contributed by atoms with van der Waals surface area (Å²) in [5, 5.41) is 3.54. The van der Waals surface area contributed by atoms with Crippen molar-refractivity contribution in [2.24, 2.45) is 0 Å². The third-order valence-electron chi connectivity index (χ3n) is 2.76. The van der Waals surface area contributed by atoms with Crippen LogP contribution in [0.5, 0.6) is 0 Å². The number of carbonyl (C=O) groups is 1. The molecule has 98 valence electrons. The molecule has 3 rings (SSSR count). The third kappa shape index (κ3) is 2.77. The summed E-state index contributed by atoms with van der Waals surface area (Å²) in [7, 11) is 0. The molecule has 1 aliphatic heterocycles. The highest BCUT2D eigenvalue weighted by molar-refractivity contribution is 7.13. The van der Waals surface area contributed by atoms with Gasteiger partial charge in [0.1, 0.15) is 16.0 Å². The van der Waals surface area contributed by atoms with E-state index in [0.717, 1.165) is 24.5 Å². The highest BCUT2D eigenvalue weighted by Gasteiger charge is 2.22. The molecule has 0 radical (unpaired) electrons. The largest absolute Gasteiger partial charge is 0.371 e. The van der Waals surface area contributed by atoms with Crippen LogP contribution in [-0.2, 0) is 4.74 Å². The van der Waals surface area contributed by atoms with Gasteiger partial charge in [-0.2, -0.15) is 0 Å². The summed E-state index contributed by atoms with van der Waals surface area (Å²) in [5.74, 6) is 0.210. The van der Waals surface area contributed by atoms with Crippen LogP contribution in [0.15, 0.2) is 24.8 Å². The molecule has 6 nitrogen and oxygen atoms in total. The van der Waals surface area contributed by atoms with E-state index in [1.165, 1.54) is 23.7 Å². The molecule has 1 saturated heterocycles. The van der Waals surface area contributed by atoms with Crippen LogP contribution < -0.4 is 5.32 Å². The zero-order valence-corrected chi connectivity index (χ0v) is 10.9. The van der Waals surface area contributed by atoms with Gasteiger partial charge in [0.15, 0.2) is 5.82 Å². The minimum Gasteiger partial charge on any atom is -0.371 e. The van der Waals surface area contributed by atoms with Crippen molar-refractivity contribution in [3.63, 3.8) is 0 Å². The monoisotopic (exact) mass is 276 g/mol. The quantitative estimate of drug-likeness (QED) is 0.928. The first-order chi connectivity index (χ1) is 9.33. The first kappa shape index (κ1) is 12.2. The van der Waals surface area contributed by atoms with Gasteiger partial charge in [-0.15, -0.1) is 11.3 Å². The fourth-order valence-corrected chi connectivity index (χ4v) is 2.75. The average molecular weight is 276 g/mol. The molecule has 0 saturated carbocycles. The van der Waals surface area contributed by atoms with E-state index in [-0.39, 0.29) is 12.0 Å². The van der Waals surface area contributed by atoms with E-state index in [4.69, 9.17) is 4.74 Å². The van der Waals surface area contributed by atoms with Crippen LogP contribution in [0.1, 0.15) is 33.6 Å². The smallest absolute Gasteiger partial charge is 0.268 e. The Bertz CT molecular complexity index is 566. The standard InChI is InChI=1S/C12H12N4O2S/c17-11(16-10-7-13-3-4-14-10)9-6-15-12(19-9)8-2-1-5-18-8/h3-4,6-8H,1-2,5H2,(H,14,16,17)/t8-/m0/s1. The second kappa shape index (κ2) is 5.41. The summed E-state index contributed by atoms with van der Waals surface area (Å²) in [6.07, 6.45) is 8.22. The molecule has 3 heterocycles. The van der Waals surface area contributed by atoms with E-state index in [1.807, 2.05) is 0 Å². The van der Waals surface area contributed by atoms with E-state index >= 15 is 0 Å². The molecule has 0 spiro atoms. The van der Waals surface area contributed by atoms with Crippen LogP contribution in [-0.4, -0.2) is 27.5 Å². The van der Waals surface area contributed by atoms with E-state index in [2.05, 4.69) is 20.3 Å². The Morgan fingerprint density at radius 1 is 1.37 bits per heavy atom. The SMILES string of the molecule is O=C(Nc1cnccn1)c1cnc([C@@H]2CCCO2)s1. The van der Waals surface area contributed by atoms with Crippen LogP contribution in [0.25, 0.3) is 0 Å². The molecule has 2 aromatic heterocycles. The van der Waals surface area contributed by atoms with Gasteiger partial charge >= 0.3 is 0 Å². The number of nitrogens with zero attached hydrogens (tertiary/aromatic N) is 3. The van der Waals surface area contributed by atoms with Crippen molar-refractivity contribution in [1.82, 2.24) is 15.0 Å². The van der Waals surface area contributed by atoms with Gasteiger partial charge in [-0.05, 0) is 12.8 Å². The van der Waals surface area contributed by atoms with Crippen molar-refractivity contribution in [3.05, 3.63) is 34.7 Å². The lowest BCUT2D eigenvalue weighted by Crippen LogP contribution is -2.11. The number of amides is 1. The number of hydrogen-bond acceptors (Lipinski definition) is 6. The number of aromatic nitrogens is 3. The molecule has 2 aromatic rings. The van der Waals surface area contributed by atoms with Crippen LogP contribution in [0.4, 0.5) is 5.82 Å². The predicted octanol–water partition coefficient (Wildman–Crippen LogP) is 2.04. The van der Waals surface area contributed by atoms with Gasteiger partial charge in [-0.1, -0.05) is 0 Å². The van der Waals surface area contributed by atoms with Crippen molar-refractivity contribution in [3.8, 4) is 0 Å². The molecular formula is C12H12N4O2S. The molecular weight excluding hydrogens is 264 g/mol. The molecule has 0 aromatic carbocycles. The van der Waals surface area contributed by atoms with Gasteiger partial charge in [0.2, 0.25) is 0 Å². The van der Waals surface area contributed by atoms with Gasteiger partial charge in [0, 0.05) is 19.0 Å². The summed E-state index contributed by atoms with van der Waals surface area (Å²) in [4.78, 5) is 24.7. The maximum atomic E-state index is 12.0. The molecule has 1 atom stereocenters. The number of thiazole rings is 1. The lowest BCUT2D eigenvalue weighted by atomic mass is 10.2. The summed E-state index contributed by atoms with van der Waals surface area (Å²) in [6.45, 7) is 0.769. The maximum Gasteiger partial charge on any atom is 0.268 e. The van der Waals surface area contributed by atoms with Crippen molar-refractivity contribution in [2.75, 3.05) is 11.9 Å². The molecule has 7 heteroatoms. The lowest BCUT2D eigenvalue weighted by Gasteiger charge is -2.03. The van der Waals surface area contributed by atoms with Gasteiger partial charge in [0.25, 0.3) is 5.91 Å². The minimum atomic E-state index is -0.220. The Labute approximate surface area is 113 Å². The van der Waals surface area contributed by atoms with Crippen molar-refractivity contribution < 1.29 is 9.53 Å². The average Bonchev–Trinajstić information content (AvgIpc) is 3.11. The molecule has 1 fully saturated rings. The Kier molecular flexibility index (Phi) is 3.47. The predicted molar refractivity (Wildman–Crippen MR) is 70.0 cm³/mol. The van der Waals surface area contributed by atoms with E-state index in [0.29, 0.717) is 10.7 Å². The van der Waals surface area contributed by atoms with Crippen molar-refractivity contribution in [2.45, 2.75) is 18.9 Å². The third-order valence-corrected chi connectivity index (χ3v) is 3.85. The number of anilines is 1. The van der Waals surface area contributed by atoms with E-state index in [9.17, 15) is 4.79 Å². The number of ether oxygens (including phenoxy) is 1. The number of hydrogen-bond donors (Lipinski definition) is 1. The summed E-state index contributed by atoms with van der Waals surface area (Å²) in [6, 6.07) is 0. The van der Waals surface area contributed by atoms with E-state index < -0.39 is 0 Å². The Morgan fingerprint density at radius 2 is 2.32 bits per heavy atom. The zero-order valence-electron chi connectivity index (χ0n) is 10.1. The second-order valence-electron chi connectivity index (χ2n) is 4.11. The fourth-order valence-electron chi connectivity index (χ4n) is 1.86. The Morgan fingerprint density at radius 3 is 3.05 bits per heavy atom. The maximum absolute atomic E-state index is 12.0. The van der Waals surface area contributed by atoms with Crippen molar-refractivity contribution in [1.29, 1.82) is 0 Å². The van der Waals surface area contributed by atoms with Gasteiger partial charge < -0.3 is 10.1 Å². The molecule has 1 amide bonds. The highest BCUT2D eigenvalue weighted by Crippen LogP contribution is 2.31. The molecule has 19 heavy (non-hydrogen) atoms. The van der Waals surface area contributed by atoms with Crippen LogP contribution >= 0.6 is 11.3 Å². The molecule has 0 aliphatic carbocycles. The fraction of sp³-hybridized carbons (Fsp3) is 0.333. The van der Waals surface area contributed by atoms with Crippen LogP contribution in [0.2, 0.25) is 0 Å². The first-order valence-electron chi connectivity index (χ1n) is 5.97. The van der Waals surface area contributed by atoms with Crippen molar-refractivity contribution >= 4 is 23.1 Å². The van der Waals surface area contributed by atoms with Gasteiger partial charge in [-0.3, -0.25) is 9.78 Å². The summed E-state index contributed by atoms with van der Waals surface area (Å²) >= 11 is 1.36. The normalized spacial score (nSPS) is 18.4. The van der Waals surface area contributed by atoms with Crippen LogP contribution in [0, 0.1) is 0 Å². The van der Waals surface area contributed by atoms with E-state index in [1.54, 1.807) is 12.4 Å². The summed E-state index contributed by atoms with van der Waals surface area (Å²) < 4.78 is 5.54. The summed E-state index contributed by atoms with van der Waals surface area (Å²) in [5.41, 5.74) is 0. The second-order valence-corrected chi connectivity index (χ2v) is 5.17. The topological polar surface area (TPSA) is 77.0 Å². The first-order valence-corrected chi connectivity index (χ1v) is 6.79. The lowest BCUT2D eigenvalue weighted by molar-refractivity contribution is 0.103. The number of carbonyl (C=O) groups excluding carboxylic acids is 1. The zero-order chi connectivity index (χ0) is 13.1. The molecule has 0 bridgehead atoms. The molecule has 0 unspecified atom stereocenters. The Hall–Kier alpha value is -1.86. The molecule has 1 N–H and O–H groups in total. The minimum absolute atomic E-state index is 0.0445. The van der Waals surface area contributed by atoms with Crippen LogP contribution in [0.3, 0.4) is 0 Å². The Balaban J connectivity index is 1.70. The highest BCUT2D eigenvalue weighted by atomic mass is 32.1. The number of rotatable bonds is 3. The van der Waals surface area contributed by atoms with Gasteiger partial charge in [0.05, 0.1) is 12.4 Å². The molecule has 1 aliphatic rings.